The highest BCUT2D eigenvalue weighted by Gasteiger charge is 2.22. The van der Waals surface area contributed by atoms with Crippen molar-refractivity contribution in [1.29, 1.82) is 0 Å². The molecule has 1 fully saturated rings. The maximum Gasteiger partial charge on any atom is 0.322 e. The summed E-state index contributed by atoms with van der Waals surface area (Å²) in [6.07, 6.45) is 0. The summed E-state index contributed by atoms with van der Waals surface area (Å²) < 4.78 is 10.5. The van der Waals surface area contributed by atoms with Gasteiger partial charge >= 0.3 is 6.03 Å². The van der Waals surface area contributed by atoms with E-state index in [0.717, 1.165) is 13.1 Å². The first kappa shape index (κ1) is 18.9. The summed E-state index contributed by atoms with van der Waals surface area (Å²) in [4.78, 5) is 16.8. The molecule has 1 aliphatic rings. The number of nitrogens with one attached hydrogen (secondary N) is 1. The van der Waals surface area contributed by atoms with Crippen LogP contribution >= 0.6 is 0 Å². The summed E-state index contributed by atoms with van der Waals surface area (Å²) >= 11 is 0. The van der Waals surface area contributed by atoms with Gasteiger partial charge in [0.05, 0.1) is 19.9 Å². The van der Waals surface area contributed by atoms with Crippen LogP contribution in [0.1, 0.15) is 11.1 Å². The minimum Gasteiger partial charge on any atom is -0.497 e. The van der Waals surface area contributed by atoms with E-state index in [1.165, 1.54) is 16.8 Å². The smallest absolute Gasteiger partial charge is 0.322 e. The van der Waals surface area contributed by atoms with E-state index >= 15 is 0 Å². The second kappa shape index (κ2) is 8.20. The number of benzene rings is 2. The average Bonchev–Trinajstić information content (AvgIpc) is 2.70. The Morgan fingerprint density at radius 1 is 0.926 bits per heavy atom. The molecule has 0 bridgehead atoms. The van der Waals surface area contributed by atoms with E-state index in [2.05, 4.69) is 42.3 Å². The second-order valence-electron chi connectivity index (χ2n) is 6.74. The molecule has 1 heterocycles. The maximum absolute atomic E-state index is 12.6. The zero-order valence-electron chi connectivity index (χ0n) is 16.4. The van der Waals surface area contributed by atoms with Crippen LogP contribution in [0, 0.1) is 13.8 Å². The summed E-state index contributed by atoms with van der Waals surface area (Å²) in [7, 11) is 3.18. The van der Waals surface area contributed by atoms with Crippen LogP contribution in [0.4, 0.5) is 16.2 Å². The van der Waals surface area contributed by atoms with Gasteiger partial charge in [0.1, 0.15) is 11.5 Å². The molecule has 1 N–H and O–H groups in total. The third-order valence-electron chi connectivity index (χ3n) is 5.07. The Morgan fingerprint density at radius 3 is 2.30 bits per heavy atom. The summed E-state index contributed by atoms with van der Waals surface area (Å²) in [5, 5.41) is 2.94. The summed E-state index contributed by atoms with van der Waals surface area (Å²) in [6, 6.07) is 11.8. The number of amides is 2. The van der Waals surface area contributed by atoms with Crippen LogP contribution < -0.4 is 19.7 Å². The van der Waals surface area contributed by atoms with Gasteiger partial charge in [-0.1, -0.05) is 6.07 Å². The zero-order chi connectivity index (χ0) is 19.4. The first-order valence-electron chi connectivity index (χ1n) is 9.12. The van der Waals surface area contributed by atoms with Gasteiger partial charge < -0.3 is 24.6 Å². The fraction of sp³-hybridized carbons (Fsp3) is 0.381. The number of carbonyl (C=O) groups excluding carboxylic acids is 1. The van der Waals surface area contributed by atoms with Gasteiger partial charge in [-0.2, -0.15) is 0 Å². The minimum absolute atomic E-state index is 0.113. The van der Waals surface area contributed by atoms with E-state index < -0.39 is 0 Å². The van der Waals surface area contributed by atoms with Gasteiger partial charge in [-0.3, -0.25) is 0 Å². The molecular formula is C21H27N3O3. The highest BCUT2D eigenvalue weighted by Crippen LogP contribution is 2.29. The van der Waals surface area contributed by atoms with Gasteiger partial charge in [0, 0.05) is 37.9 Å². The Balaban J connectivity index is 1.61. The number of aryl methyl sites for hydroxylation is 2. The normalized spacial score (nSPS) is 14.1. The molecular weight excluding hydrogens is 342 g/mol. The van der Waals surface area contributed by atoms with Gasteiger partial charge in [0.25, 0.3) is 0 Å². The minimum atomic E-state index is -0.113. The van der Waals surface area contributed by atoms with Gasteiger partial charge in [0.15, 0.2) is 0 Å². The highest BCUT2D eigenvalue weighted by atomic mass is 16.5. The zero-order valence-corrected chi connectivity index (χ0v) is 16.4. The third kappa shape index (κ3) is 4.27. The predicted molar refractivity (Wildman–Crippen MR) is 108 cm³/mol. The number of rotatable bonds is 4. The van der Waals surface area contributed by atoms with Crippen LogP contribution in [-0.4, -0.2) is 51.3 Å². The van der Waals surface area contributed by atoms with Crippen LogP contribution in [0.3, 0.4) is 0 Å². The molecule has 0 radical (unpaired) electrons. The van der Waals surface area contributed by atoms with Gasteiger partial charge in [0.2, 0.25) is 0 Å². The van der Waals surface area contributed by atoms with Crippen LogP contribution in [0.2, 0.25) is 0 Å². The Bertz CT molecular complexity index is 814. The number of urea groups is 1. The van der Waals surface area contributed by atoms with E-state index in [1.54, 1.807) is 32.4 Å². The highest BCUT2D eigenvalue weighted by molar-refractivity contribution is 5.91. The Kier molecular flexibility index (Phi) is 5.74. The average molecular weight is 369 g/mol. The van der Waals surface area contributed by atoms with Crippen LogP contribution in [0.15, 0.2) is 36.4 Å². The molecule has 2 amide bonds. The summed E-state index contributed by atoms with van der Waals surface area (Å²) in [5.74, 6) is 1.27. The molecule has 0 saturated carbocycles. The lowest BCUT2D eigenvalue weighted by Crippen LogP contribution is -2.50. The molecule has 6 nitrogen and oxygen atoms in total. The SMILES string of the molecule is COc1ccc(NC(=O)N2CCN(c3ccc(C)c(C)c3)CC2)c(OC)c1. The summed E-state index contributed by atoms with van der Waals surface area (Å²) in [6.45, 7) is 7.24. The van der Waals surface area contributed by atoms with E-state index in [4.69, 9.17) is 9.47 Å². The quantitative estimate of drug-likeness (QED) is 0.893. The standard InChI is InChI=1S/C21H27N3O3/c1-15-5-6-17(13-16(15)2)23-9-11-24(12-10-23)21(25)22-19-8-7-18(26-3)14-20(19)27-4/h5-8,13-14H,9-12H2,1-4H3,(H,22,25). The lowest BCUT2D eigenvalue weighted by molar-refractivity contribution is 0.208. The third-order valence-corrected chi connectivity index (χ3v) is 5.07. The van der Waals surface area contributed by atoms with Crippen LogP contribution in [-0.2, 0) is 0 Å². The van der Waals surface area contributed by atoms with E-state index in [9.17, 15) is 4.79 Å². The molecule has 0 unspecified atom stereocenters. The van der Waals surface area contributed by atoms with E-state index in [-0.39, 0.29) is 6.03 Å². The molecule has 0 aromatic heterocycles. The van der Waals surface area contributed by atoms with E-state index in [1.807, 2.05) is 4.90 Å². The molecule has 1 aliphatic heterocycles. The lowest BCUT2D eigenvalue weighted by Gasteiger charge is -2.36. The molecule has 0 atom stereocenters. The van der Waals surface area contributed by atoms with Gasteiger partial charge in [-0.05, 0) is 49.2 Å². The molecule has 2 aromatic carbocycles. The topological polar surface area (TPSA) is 54.0 Å². The van der Waals surface area contributed by atoms with Crippen molar-refractivity contribution in [3.63, 3.8) is 0 Å². The number of methoxy groups -OCH3 is 2. The number of hydrogen-bond acceptors (Lipinski definition) is 4. The van der Waals surface area contributed by atoms with E-state index in [0.29, 0.717) is 30.3 Å². The van der Waals surface area contributed by atoms with Gasteiger partial charge in [-0.25, -0.2) is 4.79 Å². The number of hydrogen-bond donors (Lipinski definition) is 1. The molecule has 144 valence electrons. The Labute approximate surface area is 160 Å². The number of nitrogens with zero attached hydrogens (tertiary/aromatic N) is 2. The molecule has 1 saturated heterocycles. The van der Waals surface area contributed by atoms with Crippen molar-refractivity contribution in [2.75, 3.05) is 50.6 Å². The summed E-state index contributed by atoms with van der Waals surface area (Å²) in [5.41, 5.74) is 4.44. The van der Waals surface area contributed by atoms with Crippen molar-refractivity contribution in [2.45, 2.75) is 13.8 Å². The maximum atomic E-state index is 12.6. The fourth-order valence-electron chi connectivity index (χ4n) is 3.19. The number of anilines is 2. The second-order valence-corrected chi connectivity index (χ2v) is 6.74. The fourth-order valence-corrected chi connectivity index (χ4v) is 3.19. The Morgan fingerprint density at radius 2 is 1.67 bits per heavy atom. The molecule has 27 heavy (non-hydrogen) atoms. The lowest BCUT2D eigenvalue weighted by atomic mass is 10.1. The van der Waals surface area contributed by atoms with Crippen molar-refractivity contribution < 1.29 is 14.3 Å². The van der Waals surface area contributed by atoms with Crippen molar-refractivity contribution in [3.8, 4) is 11.5 Å². The Hall–Kier alpha value is -2.89. The largest absolute Gasteiger partial charge is 0.497 e. The molecule has 0 aliphatic carbocycles. The van der Waals surface area contributed by atoms with Gasteiger partial charge in [-0.15, -0.1) is 0 Å². The van der Waals surface area contributed by atoms with Crippen molar-refractivity contribution >= 4 is 17.4 Å². The first-order chi connectivity index (χ1) is 13.0. The van der Waals surface area contributed by atoms with Crippen LogP contribution in [0.25, 0.3) is 0 Å². The molecule has 2 aromatic rings. The molecule has 0 spiro atoms. The molecule has 3 rings (SSSR count). The van der Waals surface area contributed by atoms with Crippen molar-refractivity contribution in [1.82, 2.24) is 4.90 Å². The number of piperazine rings is 1. The van der Waals surface area contributed by atoms with Crippen molar-refractivity contribution in [3.05, 3.63) is 47.5 Å². The first-order valence-corrected chi connectivity index (χ1v) is 9.12. The predicted octanol–water partition coefficient (Wildman–Crippen LogP) is 3.67. The number of carbonyl (C=O) groups is 1. The van der Waals surface area contributed by atoms with Crippen molar-refractivity contribution in [2.24, 2.45) is 0 Å². The van der Waals surface area contributed by atoms with Crippen LogP contribution in [0.5, 0.6) is 11.5 Å². The molecule has 6 heteroatoms. The number of ether oxygens (including phenoxy) is 2. The monoisotopic (exact) mass is 369 g/mol.